The molecule has 0 amide bonds. The van der Waals surface area contributed by atoms with Crippen molar-refractivity contribution in [2.24, 2.45) is 5.92 Å². The third-order valence-corrected chi connectivity index (χ3v) is 5.70. The summed E-state index contributed by atoms with van der Waals surface area (Å²) in [7, 11) is 0. The van der Waals surface area contributed by atoms with Gasteiger partial charge in [-0.1, -0.05) is 25.1 Å². The van der Waals surface area contributed by atoms with Gasteiger partial charge in [0, 0.05) is 18.2 Å². The number of nitrogens with one attached hydrogen (secondary N) is 1. The second kappa shape index (κ2) is 6.24. The van der Waals surface area contributed by atoms with E-state index >= 15 is 0 Å². The Hall–Kier alpha value is -0.260. The number of aromatic nitrogens is 2. The fourth-order valence-corrected chi connectivity index (χ4v) is 3.86. The van der Waals surface area contributed by atoms with Gasteiger partial charge in [-0.2, -0.15) is 0 Å². The van der Waals surface area contributed by atoms with E-state index in [-0.39, 0.29) is 6.10 Å². The summed E-state index contributed by atoms with van der Waals surface area (Å²) in [5.41, 5.74) is 1.24. The molecular weight excluding hydrogens is 336 g/mol. The molecule has 1 unspecified atom stereocenters. The first-order valence-corrected chi connectivity index (χ1v) is 8.82. The number of rotatable bonds is 5. The smallest absolute Gasteiger partial charge is 0.144 e. The van der Waals surface area contributed by atoms with Crippen molar-refractivity contribution in [2.75, 3.05) is 6.61 Å². The molecule has 0 radical (unpaired) electrons. The van der Waals surface area contributed by atoms with Crippen LogP contribution in [0.4, 0.5) is 0 Å². The van der Waals surface area contributed by atoms with Gasteiger partial charge in [0.1, 0.15) is 16.6 Å². The van der Waals surface area contributed by atoms with E-state index in [0.717, 1.165) is 16.9 Å². The van der Waals surface area contributed by atoms with Crippen LogP contribution in [0.15, 0.2) is 4.47 Å². The molecule has 0 aromatic carbocycles. The van der Waals surface area contributed by atoms with E-state index in [1.165, 1.54) is 44.2 Å². The molecule has 110 valence electrons. The van der Waals surface area contributed by atoms with E-state index in [1.807, 2.05) is 6.92 Å². The van der Waals surface area contributed by atoms with E-state index in [2.05, 4.69) is 25.9 Å². The Bertz CT molecular complexity index is 535. The third-order valence-electron chi connectivity index (χ3n) is 4.34. The van der Waals surface area contributed by atoms with Crippen molar-refractivity contribution < 1.29 is 4.74 Å². The summed E-state index contributed by atoms with van der Waals surface area (Å²) >= 11 is 9.07. The Morgan fingerprint density at radius 3 is 2.65 bits per heavy atom. The minimum Gasteiger partial charge on any atom is -0.370 e. The van der Waals surface area contributed by atoms with Crippen LogP contribution >= 0.6 is 28.1 Å². The second-order valence-electron chi connectivity index (χ2n) is 5.85. The lowest BCUT2D eigenvalue weighted by atomic mass is 10.0. The van der Waals surface area contributed by atoms with Crippen LogP contribution in [0.5, 0.6) is 0 Å². The van der Waals surface area contributed by atoms with Crippen molar-refractivity contribution in [1.82, 2.24) is 9.97 Å². The van der Waals surface area contributed by atoms with Crippen molar-refractivity contribution >= 4 is 28.1 Å². The predicted molar refractivity (Wildman–Crippen MR) is 85.4 cm³/mol. The number of hydrogen-bond acceptors (Lipinski definition) is 3. The number of halogens is 1. The number of ether oxygens (including phenoxy) is 1. The predicted octanol–water partition coefficient (Wildman–Crippen LogP) is 5.05. The highest BCUT2D eigenvalue weighted by atomic mass is 79.9. The summed E-state index contributed by atoms with van der Waals surface area (Å²) < 4.78 is 7.56. The molecule has 2 fully saturated rings. The minimum atomic E-state index is 0.0925. The molecule has 0 saturated heterocycles. The minimum absolute atomic E-state index is 0.0925. The molecule has 3 rings (SSSR count). The number of aromatic amines is 1. The van der Waals surface area contributed by atoms with Gasteiger partial charge >= 0.3 is 0 Å². The number of hydrogen-bond donors (Lipinski definition) is 1. The summed E-state index contributed by atoms with van der Waals surface area (Å²) in [4.78, 5) is 8.12. The highest BCUT2D eigenvalue weighted by Gasteiger charge is 2.35. The van der Waals surface area contributed by atoms with Gasteiger partial charge in [0.2, 0.25) is 0 Å². The molecule has 1 heterocycles. The Kier molecular flexibility index (Phi) is 4.58. The van der Waals surface area contributed by atoms with E-state index in [4.69, 9.17) is 17.0 Å². The van der Waals surface area contributed by atoms with E-state index in [0.29, 0.717) is 16.5 Å². The Morgan fingerprint density at radius 1 is 1.35 bits per heavy atom. The Balaban J connectivity index is 1.96. The fourth-order valence-electron chi connectivity index (χ4n) is 3.14. The molecule has 3 nitrogen and oxygen atoms in total. The molecule has 1 N–H and O–H groups in total. The van der Waals surface area contributed by atoms with Gasteiger partial charge in [-0.05, 0) is 54.5 Å². The van der Waals surface area contributed by atoms with Crippen LogP contribution in [0, 0.1) is 10.6 Å². The first-order chi connectivity index (χ1) is 9.70. The largest absolute Gasteiger partial charge is 0.370 e. The molecule has 20 heavy (non-hydrogen) atoms. The summed E-state index contributed by atoms with van der Waals surface area (Å²) in [6, 6.07) is 0. The van der Waals surface area contributed by atoms with Crippen molar-refractivity contribution in [1.29, 1.82) is 0 Å². The molecule has 0 bridgehead atoms. The maximum Gasteiger partial charge on any atom is 0.144 e. The standard InChI is InChI=1S/C15H21BrN2OS/c1-2-19-13(10-7-8-10)14-17-12(9-5-3-4-6-9)11(16)15(20)18-14/h9-10,13H,2-8H2,1H3,(H,17,18,20). The molecule has 2 aliphatic carbocycles. The van der Waals surface area contributed by atoms with Gasteiger partial charge in [0.15, 0.2) is 0 Å². The van der Waals surface area contributed by atoms with Crippen LogP contribution in [0.1, 0.15) is 69.0 Å². The lowest BCUT2D eigenvalue weighted by molar-refractivity contribution is 0.0397. The SMILES string of the molecule is CCOC(c1nc(=S)c(Br)c(C2CCCC2)[nH]1)C1CC1. The number of nitrogens with zero attached hydrogens (tertiary/aromatic N) is 1. The topological polar surface area (TPSA) is 37.9 Å². The molecular formula is C15H21BrN2OS. The molecule has 5 heteroatoms. The lowest BCUT2D eigenvalue weighted by Crippen LogP contribution is -2.14. The molecule has 1 aromatic rings. The molecule has 0 spiro atoms. The quantitative estimate of drug-likeness (QED) is 0.750. The molecule has 1 aromatic heterocycles. The molecule has 2 saturated carbocycles. The molecule has 1 atom stereocenters. The summed E-state index contributed by atoms with van der Waals surface area (Å²) in [5, 5.41) is 0. The summed E-state index contributed by atoms with van der Waals surface area (Å²) in [6.07, 6.45) is 7.69. The van der Waals surface area contributed by atoms with Crippen molar-refractivity contribution in [3.63, 3.8) is 0 Å². The van der Waals surface area contributed by atoms with Crippen LogP contribution in [0.25, 0.3) is 0 Å². The average molecular weight is 357 g/mol. The summed E-state index contributed by atoms with van der Waals surface area (Å²) in [6.45, 7) is 2.76. The van der Waals surface area contributed by atoms with Crippen molar-refractivity contribution in [2.45, 2.75) is 57.5 Å². The average Bonchev–Trinajstić information content (AvgIpc) is 3.13. The summed E-state index contributed by atoms with van der Waals surface area (Å²) in [5.74, 6) is 2.14. The maximum absolute atomic E-state index is 5.91. The Labute approximate surface area is 133 Å². The van der Waals surface area contributed by atoms with Crippen LogP contribution in [-0.4, -0.2) is 16.6 Å². The highest BCUT2D eigenvalue weighted by Crippen LogP contribution is 2.43. The monoisotopic (exact) mass is 356 g/mol. The van der Waals surface area contributed by atoms with Gasteiger partial charge in [0.05, 0.1) is 4.47 Å². The lowest BCUT2D eigenvalue weighted by Gasteiger charge is -2.19. The van der Waals surface area contributed by atoms with Crippen molar-refractivity contribution in [3.8, 4) is 0 Å². The van der Waals surface area contributed by atoms with Crippen LogP contribution in [0.2, 0.25) is 0 Å². The zero-order chi connectivity index (χ0) is 14.1. The third kappa shape index (κ3) is 3.00. The van der Waals surface area contributed by atoms with Gasteiger partial charge in [-0.25, -0.2) is 4.98 Å². The van der Waals surface area contributed by atoms with Crippen LogP contribution < -0.4 is 0 Å². The van der Waals surface area contributed by atoms with E-state index in [9.17, 15) is 0 Å². The maximum atomic E-state index is 5.91. The Morgan fingerprint density at radius 2 is 2.05 bits per heavy atom. The normalized spacial score (nSPS) is 21.3. The zero-order valence-corrected chi connectivity index (χ0v) is 14.2. The van der Waals surface area contributed by atoms with E-state index in [1.54, 1.807) is 0 Å². The van der Waals surface area contributed by atoms with Gasteiger partial charge in [-0.3, -0.25) is 0 Å². The fraction of sp³-hybridized carbons (Fsp3) is 0.733. The molecule has 0 aliphatic heterocycles. The molecule has 2 aliphatic rings. The number of H-pyrrole nitrogens is 1. The van der Waals surface area contributed by atoms with Gasteiger partial charge in [0.25, 0.3) is 0 Å². The second-order valence-corrected chi connectivity index (χ2v) is 7.03. The van der Waals surface area contributed by atoms with Crippen molar-refractivity contribution in [3.05, 3.63) is 20.6 Å². The first kappa shape index (κ1) is 14.7. The zero-order valence-electron chi connectivity index (χ0n) is 11.8. The van der Waals surface area contributed by atoms with Gasteiger partial charge in [-0.15, -0.1) is 0 Å². The highest BCUT2D eigenvalue weighted by molar-refractivity contribution is 9.10. The van der Waals surface area contributed by atoms with E-state index < -0.39 is 0 Å². The van der Waals surface area contributed by atoms with Gasteiger partial charge < -0.3 is 9.72 Å². The van der Waals surface area contributed by atoms with Crippen LogP contribution in [-0.2, 0) is 4.74 Å². The van der Waals surface area contributed by atoms with Crippen LogP contribution in [0.3, 0.4) is 0 Å². The first-order valence-electron chi connectivity index (χ1n) is 7.62.